The van der Waals surface area contributed by atoms with Gasteiger partial charge in [-0.25, -0.2) is 9.78 Å². The zero-order valence-corrected chi connectivity index (χ0v) is 12.5. The summed E-state index contributed by atoms with van der Waals surface area (Å²) >= 11 is 3.25. The quantitative estimate of drug-likeness (QED) is 0.760. The van der Waals surface area contributed by atoms with Crippen LogP contribution in [0.25, 0.3) is 5.69 Å². The third kappa shape index (κ3) is 2.87. The Bertz CT molecular complexity index is 797. The zero-order valence-electron chi connectivity index (χ0n) is 11.0. The molecular weight excluding hydrogens is 334 g/mol. The largest absolute Gasteiger partial charge is 0.379 e. The smallest absolute Gasteiger partial charge is 0.280 e. The standard InChI is InChI=1S/C14H12BrN5O/c15-13-11(9-17-19-14(13)21)16-8-10-4-1-2-5-12(10)20-7-3-6-18-20/h1-7,9H,8H2,(H2,16,19,21). The Kier molecular flexibility index (Phi) is 3.83. The molecule has 0 bridgehead atoms. The molecule has 0 aliphatic carbocycles. The number of para-hydroxylation sites is 1. The van der Waals surface area contributed by atoms with Crippen LogP contribution in [0.5, 0.6) is 0 Å². The summed E-state index contributed by atoms with van der Waals surface area (Å²) < 4.78 is 2.25. The molecule has 1 aromatic carbocycles. The number of hydrogen-bond acceptors (Lipinski definition) is 4. The average Bonchev–Trinajstić information content (AvgIpc) is 3.03. The maximum absolute atomic E-state index is 11.5. The molecule has 3 rings (SSSR count). The van der Waals surface area contributed by atoms with Crippen LogP contribution in [-0.2, 0) is 6.54 Å². The molecule has 2 aromatic heterocycles. The molecule has 0 amide bonds. The summed E-state index contributed by atoms with van der Waals surface area (Å²) in [6, 6.07) is 9.81. The number of benzene rings is 1. The Morgan fingerprint density at radius 3 is 2.95 bits per heavy atom. The van der Waals surface area contributed by atoms with E-state index < -0.39 is 0 Å². The molecule has 0 atom stereocenters. The third-order valence-electron chi connectivity index (χ3n) is 3.01. The Hall–Kier alpha value is -2.41. The van der Waals surface area contributed by atoms with Gasteiger partial charge in [0.15, 0.2) is 0 Å². The van der Waals surface area contributed by atoms with Gasteiger partial charge < -0.3 is 5.32 Å². The van der Waals surface area contributed by atoms with Crippen LogP contribution in [-0.4, -0.2) is 20.0 Å². The van der Waals surface area contributed by atoms with Gasteiger partial charge >= 0.3 is 0 Å². The van der Waals surface area contributed by atoms with Gasteiger partial charge in [-0.15, -0.1) is 0 Å². The minimum Gasteiger partial charge on any atom is -0.379 e. The second-order valence-corrected chi connectivity index (χ2v) is 5.15. The molecule has 0 fully saturated rings. The van der Waals surface area contributed by atoms with Crippen molar-refractivity contribution in [2.45, 2.75) is 6.54 Å². The van der Waals surface area contributed by atoms with Crippen LogP contribution in [0, 0.1) is 0 Å². The lowest BCUT2D eigenvalue weighted by atomic mass is 10.1. The third-order valence-corrected chi connectivity index (χ3v) is 3.79. The first-order chi connectivity index (χ1) is 10.3. The van der Waals surface area contributed by atoms with Gasteiger partial charge in [-0.05, 0) is 33.6 Å². The maximum Gasteiger partial charge on any atom is 0.280 e. The Morgan fingerprint density at radius 1 is 1.29 bits per heavy atom. The maximum atomic E-state index is 11.5. The lowest BCUT2D eigenvalue weighted by molar-refractivity contribution is 0.863. The van der Waals surface area contributed by atoms with E-state index >= 15 is 0 Å². The monoisotopic (exact) mass is 345 g/mol. The molecule has 106 valence electrons. The molecule has 0 aliphatic heterocycles. The van der Waals surface area contributed by atoms with Crippen LogP contribution in [0.4, 0.5) is 5.69 Å². The number of halogens is 1. The number of aromatic amines is 1. The fraction of sp³-hybridized carbons (Fsp3) is 0.0714. The lowest BCUT2D eigenvalue weighted by Crippen LogP contribution is -2.13. The van der Waals surface area contributed by atoms with Crippen LogP contribution >= 0.6 is 15.9 Å². The van der Waals surface area contributed by atoms with Crippen LogP contribution in [0.15, 0.2) is 58.2 Å². The van der Waals surface area contributed by atoms with E-state index in [4.69, 9.17) is 0 Å². The van der Waals surface area contributed by atoms with Gasteiger partial charge in [0, 0.05) is 18.9 Å². The molecule has 0 spiro atoms. The first kappa shape index (κ1) is 13.6. The number of H-pyrrole nitrogens is 1. The first-order valence-corrected chi connectivity index (χ1v) is 7.10. The Morgan fingerprint density at radius 2 is 2.14 bits per heavy atom. The van der Waals surface area contributed by atoms with Gasteiger partial charge in [0.05, 0.1) is 17.6 Å². The number of aromatic nitrogens is 4. The van der Waals surface area contributed by atoms with Crippen molar-refractivity contribution in [2.24, 2.45) is 0 Å². The van der Waals surface area contributed by atoms with E-state index in [0.717, 1.165) is 11.3 Å². The molecule has 7 heteroatoms. The predicted molar refractivity (Wildman–Crippen MR) is 83.4 cm³/mol. The van der Waals surface area contributed by atoms with Crippen molar-refractivity contribution in [1.82, 2.24) is 20.0 Å². The van der Waals surface area contributed by atoms with Gasteiger partial charge in [-0.1, -0.05) is 18.2 Å². The molecule has 0 radical (unpaired) electrons. The zero-order chi connectivity index (χ0) is 14.7. The number of hydrogen-bond donors (Lipinski definition) is 2. The van der Waals surface area contributed by atoms with Crippen molar-refractivity contribution in [3.05, 3.63) is 69.3 Å². The van der Waals surface area contributed by atoms with Crippen LogP contribution < -0.4 is 10.9 Å². The highest BCUT2D eigenvalue weighted by Gasteiger charge is 2.07. The average molecular weight is 346 g/mol. The summed E-state index contributed by atoms with van der Waals surface area (Å²) in [5, 5.41) is 13.6. The van der Waals surface area contributed by atoms with Crippen molar-refractivity contribution in [1.29, 1.82) is 0 Å². The van der Waals surface area contributed by atoms with Gasteiger partial charge in [-0.3, -0.25) is 4.79 Å². The second-order valence-electron chi connectivity index (χ2n) is 4.36. The number of rotatable bonds is 4. The highest BCUT2D eigenvalue weighted by Crippen LogP contribution is 2.19. The van der Waals surface area contributed by atoms with Gasteiger partial charge in [-0.2, -0.15) is 10.2 Å². The number of nitrogens with zero attached hydrogens (tertiary/aromatic N) is 3. The molecule has 21 heavy (non-hydrogen) atoms. The van der Waals surface area contributed by atoms with Crippen LogP contribution in [0.1, 0.15) is 5.56 Å². The van der Waals surface area contributed by atoms with Gasteiger partial charge in [0.2, 0.25) is 0 Å². The van der Waals surface area contributed by atoms with E-state index in [2.05, 4.69) is 36.5 Å². The summed E-state index contributed by atoms with van der Waals surface area (Å²) in [6.07, 6.45) is 5.20. The molecule has 0 saturated carbocycles. The molecule has 2 N–H and O–H groups in total. The molecule has 2 heterocycles. The van der Waals surface area contributed by atoms with Gasteiger partial charge in [0.25, 0.3) is 5.56 Å². The van der Waals surface area contributed by atoms with Gasteiger partial charge in [0.1, 0.15) is 4.47 Å². The lowest BCUT2D eigenvalue weighted by Gasteiger charge is -2.11. The van der Waals surface area contributed by atoms with E-state index in [1.165, 1.54) is 0 Å². The van der Waals surface area contributed by atoms with Crippen molar-refractivity contribution in [3.8, 4) is 5.69 Å². The van der Waals surface area contributed by atoms with E-state index in [1.54, 1.807) is 12.4 Å². The highest BCUT2D eigenvalue weighted by atomic mass is 79.9. The number of nitrogens with one attached hydrogen (secondary N) is 2. The molecule has 0 saturated heterocycles. The molecule has 0 aliphatic rings. The van der Waals surface area contributed by atoms with E-state index in [1.807, 2.05) is 41.2 Å². The van der Waals surface area contributed by atoms with Crippen molar-refractivity contribution < 1.29 is 0 Å². The summed E-state index contributed by atoms with van der Waals surface area (Å²) in [7, 11) is 0. The fourth-order valence-corrected chi connectivity index (χ4v) is 2.32. The summed E-state index contributed by atoms with van der Waals surface area (Å²) in [4.78, 5) is 11.5. The molecule has 3 aromatic rings. The topological polar surface area (TPSA) is 75.6 Å². The predicted octanol–water partition coefficient (Wildman–Crippen LogP) is 2.33. The van der Waals surface area contributed by atoms with Crippen molar-refractivity contribution in [3.63, 3.8) is 0 Å². The SMILES string of the molecule is O=c1[nH]ncc(NCc2ccccc2-n2cccn2)c1Br. The summed E-state index contributed by atoms with van der Waals surface area (Å²) in [5.74, 6) is 0. The normalized spacial score (nSPS) is 10.5. The minimum atomic E-state index is -0.264. The Labute approximate surface area is 129 Å². The van der Waals surface area contributed by atoms with Crippen molar-refractivity contribution >= 4 is 21.6 Å². The molecule has 6 nitrogen and oxygen atoms in total. The minimum absolute atomic E-state index is 0.264. The van der Waals surface area contributed by atoms with Crippen molar-refractivity contribution in [2.75, 3.05) is 5.32 Å². The highest BCUT2D eigenvalue weighted by molar-refractivity contribution is 9.10. The summed E-state index contributed by atoms with van der Waals surface area (Å²) in [6.45, 7) is 0.555. The fourth-order valence-electron chi connectivity index (χ4n) is 1.99. The molecular formula is C14H12BrN5O. The van der Waals surface area contributed by atoms with E-state index in [9.17, 15) is 4.79 Å². The molecule has 0 unspecified atom stereocenters. The first-order valence-electron chi connectivity index (χ1n) is 6.30. The van der Waals surface area contributed by atoms with E-state index in [-0.39, 0.29) is 5.56 Å². The second kappa shape index (κ2) is 5.92. The number of anilines is 1. The summed E-state index contributed by atoms with van der Waals surface area (Å²) in [5.41, 5.74) is 2.44. The van der Waals surface area contributed by atoms with Crippen LogP contribution in [0.2, 0.25) is 0 Å². The van der Waals surface area contributed by atoms with E-state index in [0.29, 0.717) is 16.7 Å². The van der Waals surface area contributed by atoms with Crippen LogP contribution in [0.3, 0.4) is 0 Å². The Balaban J connectivity index is 1.86.